The quantitative estimate of drug-likeness (QED) is 0.208. The van der Waals surface area contributed by atoms with Crippen molar-refractivity contribution in [3.05, 3.63) is 11.6 Å². The Morgan fingerprint density at radius 1 is 0.932 bits per heavy atom. The molecule has 5 aliphatic carbocycles. The molecule has 13 unspecified atom stereocenters. The predicted molar refractivity (Wildman–Crippen MR) is 165 cm³/mol. The van der Waals surface area contributed by atoms with Crippen LogP contribution in [0.4, 0.5) is 0 Å². The van der Waals surface area contributed by atoms with E-state index in [1.807, 2.05) is 0 Å². The summed E-state index contributed by atoms with van der Waals surface area (Å²) in [6.45, 7) is 16.3. The molecule has 0 amide bonds. The number of aliphatic hydroxyl groups excluding tert-OH is 2. The van der Waals surface area contributed by atoms with Crippen molar-refractivity contribution in [1.82, 2.24) is 0 Å². The molecule has 0 aromatic carbocycles. The first-order valence-corrected chi connectivity index (χ1v) is 16.9. The minimum Gasteiger partial charge on any atom is -0.481 e. The number of aliphatic carboxylic acids is 2. The first kappa shape index (κ1) is 33.4. The molecule has 0 spiro atoms. The Labute approximate surface area is 263 Å². The Morgan fingerprint density at radius 2 is 1.57 bits per heavy atom. The Morgan fingerprint density at radius 3 is 2.16 bits per heavy atom. The molecular formula is C36H56O8. The molecule has 13 atom stereocenters. The molecule has 0 heterocycles. The molecule has 5 aliphatic rings. The van der Waals surface area contributed by atoms with Gasteiger partial charge < -0.3 is 25.2 Å². The van der Waals surface area contributed by atoms with Crippen LogP contribution in [-0.2, 0) is 19.1 Å². The van der Waals surface area contributed by atoms with Crippen molar-refractivity contribution in [2.45, 2.75) is 125 Å². The van der Waals surface area contributed by atoms with Crippen LogP contribution in [0, 0.1) is 62.1 Å². The van der Waals surface area contributed by atoms with Gasteiger partial charge in [0.05, 0.1) is 6.61 Å². The molecule has 0 aromatic rings. The van der Waals surface area contributed by atoms with E-state index in [9.17, 15) is 34.8 Å². The molecular weight excluding hydrogens is 560 g/mol. The number of allylic oxidation sites excluding steroid dienone is 2. The summed E-state index contributed by atoms with van der Waals surface area (Å²) in [5.41, 5.74) is -1.98. The highest BCUT2D eigenvalue weighted by molar-refractivity contribution is 5.86. The van der Waals surface area contributed by atoms with Gasteiger partial charge in [-0.15, -0.1) is 0 Å². The third kappa shape index (κ3) is 4.24. The second kappa shape index (κ2) is 10.5. The van der Waals surface area contributed by atoms with Crippen LogP contribution in [0.5, 0.6) is 0 Å². The molecule has 44 heavy (non-hydrogen) atoms. The van der Waals surface area contributed by atoms with E-state index in [2.05, 4.69) is 47.6 Å². The Hall–Kier alpha value is -1.93. The second-order valence-corrected chi connectivity index (χ2v) is 17.1. The summed E-state index contributed by atoms with van der Waals surface area (Å²) in [6, 6.07) is 0. The summed E-state index contributed by atoms with van der Waals surface area (Å²) in [5, 5.41) is 40.6. The van der Waals surface area contributed by atoms with Crippen LogP contribution in [0.15, 0.2) is 11.6 Å². The number of carbonyl (C=O) groups excluding carboxylic acids is 1. The highest BCUT2D eigenvalue weighted by Gasteiger charge is 2.71. The van der Waals surface area contributed by atoms with Gasteiger partial charge in [-0.25, -0.2) is 4.79 Å². The van der Waals surface area contributed by atoms with Crippen LogP contribution >= 0.6 is 0 Å². The molecule has 0 aromatic heterocycles. The van der Waals surface area contributed by atoms with Crippen LogP contribution in [0.25, 0.3) is 0 Å². The molecule has 0 saturated heterocycles. The summed E-state index contributed by atoms with van der Waals surface area (Å²) in [5.74, 6) is -1.71. The fourth-order valence-electron chi connectivity index (χ4n) is 11.7. The third-order valence-corrected chi connectivity index (χ3v) is 15.3. The second-order valence-electron chi connectivity index (χ2n) is 17.1. The molecule has 8 heteroatoms. The van der Waals surface area contributed by atoms with Crippen molar-refractivity contribution in [3.63, 3.8) is 0 Å². The number of carbonyl (C=O) groups is 3. The minimum atomic E-state index is -2.16. The lowest BCUT2D eigenvalue weighted by Crippen LogP contribution is -2.67. The SMILES string of the molecule is CC1CCC2(C)CCC3(C)C(=CCC4(C)C3CCC3C(C)(C(=O)O)C(OC(=O)C(O)C(C)(CO)C(=O)O)CCC34C)C2C1C. The van der Waals surface area contributed by atoms with Gasteiger partial charge in [0.1, 0.15) is 16.9 Å². The van der Waals surface area contributed by atoms with E-state index in [4.69, 9.17) is 4.74 Å². The van der Waals surface area contributed by atoms with E-state index in [0.29, 0.717) is 48.3 Å². The number of hydrogen-bond donors (Lipinski definition) is 4. The number of carboxylic acids is 2. The van der Waals surface area contributed by atoms with Gasteiger partial charge in [0.15, 0.2) is 6.10 Å². The van der Waals surface area contributed by atoms with Crippen LogP contribution in [0.1, 0.15) is 113 Å². The Balaban J connectivity index is 1.49. The molecule has 8 nitrogen and oxygen atoms in total. The highest BCUT2D eigenvalue weighted by Crippen LogP contribution is 2.75. The standard InChI is InChI=1S/C36H56O8/c1-20-11-14-31(3)17-18-32(4)22(26(31)21(20)2)12-15-34(6)23(32)9-10-24-35(34,7)16-13-25(36(24,8)30(42)43)44-28(39)27(38)33(5,19-37)29(40)41/h12,20-21,23-27,37-38H,9-11,13-19H2,1-8H3,(H,40,41)(H,42,43). The molecule has 4 saturated carbocycles. The fourth-order valence-corrected chi connectivity index (χ4v) is 11.7. The number of ether oxygens (including phenoxy) is 1. The highest BCUT2D eigenvalue weighted by atomic mass is 16.6. The number of fused-ring (bicyclic) bond motifs is 7. The zero-order valence-electron chi connectivity index (χ0n) is 28.1. The van der Waals surface area contributed by atoms with Gasteiger partial charge in [-0.1, -0.05) is 53.2 Å². The van der Waals surface area contributed by atoms with E-state index in [0.717, 1.165) is 26.2 Å². The topological polar surface area (TPSA) is 141 Å². The third-order valence-electron chi connectivity index (χ3n) is 15.3. The van der Waals surface area contributed by atoms with Crippen LogP contribution in [0.2, 0.25) is 0 Å². The van der Waals surface area contributed by atoms with Crippen molar-refractivity contribution in [2.75, 3.05) is 6.61 Å². The maximum absolute atomic E-state index is 13.2. The van der Waals surface area contributed by atoms with E-state index in [-0.39, 0.29) is 22.2 Å². The van der Waals surface area contributed by atoms with Crippen molar-refractivity contribution < 1.29 is 39.5 Å². The van der Waals surface area contributed by atoms with Gasteiger partial charge in [-0.2, -0.15) is 0 Å². The molecule has 0 radical (unpaired) electrons. The summed E-state index contributed by atoms with van der Waals surface area (Å²) in [4.78, 5) is 38.1. The average molecular weight is 617 g/mol. The number of esters is 1. The van der Waals surface area contributed by atoms with Gasteiger partial charge in [0.25, 0.3) is 0 Å². The van der Waals surface area contributed by atoms with Gasteiger partial charge in [0, 0.05) is 0 Å². The molecule has 5 rings (SSSR count). The van der Waals surface area contributed by atoms with Crippen LogP contribution in [0.3, 0.4) is 0 Å². The maximum Gasteiger partial charge on any atom is 0.336 e. The molecule has 0 bridgehead atoms. The van der Waals surface area contributed by atoms with Gasteiger partial charge >= 0.3 is 17.9 Å². The van der Waals surface area contributed by atoms with E-state index in [1.165, 1.54) is 19.3 Å². The van der Waals surface area contributed by atoms with Gasteiger partial charge in [-0.05, 0) is 123 Å². The first-order valence-electron chi connectivity index (χ1n) is 16.9. The largest absolute Gasteiger partial charge is 0.481 e. The maximum atomic E-state index is 13.2. The molecule has 4 N–H and O–H groups in total. The van der Waals surface area contributed by atoms with Crippen molar-refractivity contribution in [3.8, 4) is 0 Å². The molecule has 4 fully saturated rings. The normalized spacial score (nSPS) is 48.6. The average Bonchev–Trinajstić information content (AvgIpc) is 2.96. The fraction of sp³-hybridized carbons (Fsp3) is 0.861. The number of carboxylic acid groups (broad SMARTS) is 2. The number of rotatable bonds is 6. The van der Waals surface area contributed by atoms with E-state index >= 15 is 0 Å². The van der Waals surface area contributed by atoms with Crippen molar-refractivity contribution >= 4 is 17.9 Å². The first-order chi connectivity index (χ1) is 20.3. The zero-order valence-corrected chi connectivity index (χ0v) is 28.1. The summed E-state index contributed by atoms with van der Waals surface area (Å²) in [7, 11) is 0. The Bertz CT molecular complexity index is 1240. The smallest absolute Gasteiger partial charge is 0.336 e. The molecule has 248 valence electrons. The lowest BCUT2D eigenvalue weighted by Gasteiger charge is -2.71. The van der Waals surface area contributed by atoms with E-state index in [1.54, 1.807) is 12.5 Å². The van der Waals surface area contributed by atoms with Crippen molar-refractivity contribution in [2.24, 2.45) is 62.1 Å². The van der Waals surface area contributed by atoms with E-state index < -0.39 is 47.6 Å². The summed E-state index contributed by atoms with van der Waals surface area (Å²) in [6.07, 6.45) is 7.89. The predicted octanol–water partition coefficient (Wildman–Crippen LogP) is 6.08. The lowest BCUT2D eigenvalue weighted by molar-refractivity contribution is -0.233. The number of hydrogen-bond acceptors (Lipinski definition) is 6. The monoisotopic (exact) mass is 616 g/mol. The Kier molecular flexibility index (Phi) is 8.01. The van der Waals surface area contributed by atoms with Crippen LogP contribution in [-0.4, -0.2) is 57.1 Å². The lowest BCUT2D eigenvalue weighted by atomic mass is 9.33. The summed E-state index contributed by atoms with van der Waals surface area (Å²) >= 11 is 0. The molecule has 0 aliphatic heterocycles. The number of aliphatic hydroxyl groups is 2. The van der Waals surface area contributed by atoms with Gasteiger partial charge in [-0.3, -0.25) is 9.59 Å². The van der Waals surface area contributed by atoms with Crippen LogP contribution < -0.4 is 0 Å². The van der Waals surface area contributed by atoms with Crippen molar-refractivity contribution in [1.29, 1.82) is 0 Å². The minimum absolute atomic E-state index is 0.0646. The van der Waals surface area contributed by atoms with Gasteiger partial charge in [0.2, 0.25) is 0 Å². The summed E-state index contributed by atoms with van der Waals surface area (Å²) < 4.78 is 5.73. The zero-order chi connectivity index (χ0) is 32.8.